The zero-order valence-electron chi connectivity index (χ0n) is 4.78. The van der Waals surface area contributed by atoms with Crippen molar-refractivity contribution in [2.24, 2.45) is 0 Å². The lowest BCUT2D eigenvalue weighted by Crippen LogP contribution is -2.12. The van der Waals surface area contributed by atoms with E-state index < -0.39 is 12.1 Å². The number of hydrogen-bond acceptors (Lipinski definition) is 3. The van der Waals surface area contributed by atoms with Crippen LogP contribution in [0.15, 0.2) is 0 Å². The first-order valence-electron chi connectivity index (χ1n) is 2.50. The first-order valence-corrected chi connectivity index (χ1v) is 2.50. The predicted molar refractivity (Wildman–Crippen MR) is 28.9 cm³/mol. The number of carbonyl (C=O) groups is 2. The molecule has 0 saturated heterocycles. The van der Waals surface area contributed by atoms with E-state index in [1.54, 1.807) is 0 Å². The van der Waals surface area contributed by atoms with E-state index in [1.807, 2.05) is 0 Å². The fraction of sp³-hybridized carbons (Fsp3) is 0.600. The molecule has 52 valence electrons. The minimum atomic E-state index is -1.09. The zero-order valence-corrected chi connectivity index (χ0v) is 4.78. The van der Waals surface area contributed by atoms with Gasteiger partial charge in [-0.1, -0.05) is 0 Å². The number of carboxylic acid groups (broad SMARTS) is 1. The van der Waals surface area contributed by atoms with Crippen molar-refractivity contribution in [3.63, 3.8) is 0 Å². The van der Waals surface area contributed by atoms with E-state index >= 15 is 0 Å². The summed E-state index contributed by atoms with van der Waals surface area (Å²) in [6, 6.07) is 0. The lowest BCUT2D eigenvalue weighted by molar-refractivity contribution is -0.139. The molecular formula is C5H8O4. The Kier molecular flexibility index (Phi) is 3.62. The molecule has 0 spiro atoms. The van der Waals surface area contributed by atoms with Gasteiger partial charge < -0.3 is 15.0 Å². The predicted octanol–water partition coefficient (Wildman–Crippen LogP) is -0.589. The molecule has 0 bridgehead atoms. The van der Waals surface area contributed by atoms with Gasteiger partial charge in [-0.05, 0) is 0 Å². The summed E-state index contributed by atoms with van der Waals surface area (Å²) in [5, 5.41) is 16.6. The zero-order chi connectivity index (χ0) is 7.28. The Morgan fingerprint density at radius 2 is 2.22 bits per heavy atom. The average molecular weight is 132 g/mol. The Morgan fingerprint density at radius 3 is 2.56 bits per heavy atom. The van der Waals surface area contributed by atoms with Crippen molar-refractivity contribution in [1.29, 1.82) is 0 Å². The highest BCUT2D eigenvalue weighted by Crippen LogP contribution is 1.93. The van der Waals surface area contributed by atoms with Crippen molar-refractivity contribution in [3.05, 3.63) is 0 Å². The fourth-order valence-corrected chi connectivity index (χ4v) is 0.396. The third-order valence-electron chi connectivity index (χ3n) is 0.779. The van der Waals surface area contributed by atoms with Gasteiger partial charge in [-0.3, -0.25) is 4.79 Å². The van der Waals surface area contributed by atoms with Crippen LogP contribution in [0.1, 0.15) is 12.8 Å². The smallest absolute Gasteiger partial charge is 0.305 e. The van der Waals surface area contributed by atoms with Gasteiger partial charge in [0.2, 0.25) is 0 Å². The van der Waals surface area contributed by atoms with Gasteiger partial charge in [-0.15, -0.1) is 0 Å². The van der Waals surface area contributed by atoms with Gasteiger partial charge in [0, 0.05) is 6.42 Å². The van der Waals surface area contributed by atoms with Crippen LogP contribution in [0.2, 0.25) is 0 Å². The quantitative estimate of drug-likeness (QED) is 0.501. The maximum atomic E-state index is 9.81. The van der Waals surface area contributed by atoms with E-state index in [9.17, 15) is 9.59 Å². The Bertz CT molecular complexity index is 110. The van der Waals surface area contributed by atoms with Crippen molar-refractivity contribution in [1.82, 2.24) is 0 Å². The lowest BCUT2D eigenvalue weighted by Gasteiger charge is -1.99. The van der Waals surface area contributed by atoms with Crippen molar-refractivity contribution in [2.45, 2.75) is 18.9 Å². The number of hydrogen-bond donors (Lipinski definition) is 2. The largest absolute Gasteiger partial charge is 0.481 e. The molecule has 0 rings (SSSR count). The summed E-state index contributed by atoms with van der Waals surface area (Å²) in [5.74, 6) is -1.09. The second kappa shape index (κ2) is 4.03. The summed E-state index contributed by atoms with van der Waals surface area (Å²) in [4.78, 5) is 19.5. The standard InChI is InChI=1S/C5H8O4/c6-2-1-4(7)3-5(8)9/h2,4,7H,1,3H2,(H,8,9). The minimum absolute atomic E-state index is 0.105. The highest BCUT2D eigenvalue weighted by molar-refractivity contribution is 5.68. The van der Waals surface area contributed by atoms with E-state index in [4.69, 9.17) is 10.2 Å². The van der Waals surface area contributed by atoms with Gasteiger partial charge in [-0.25, -0.2) is 0 Å². The maximum absolute atomic E-state index is 9.81. The first kappa shape index (κ1) is 8.10. The maximum Gasteiger partial charge on any atom is 0.305 e. The first-order chi connectivity index (χ1) is 4.16. The Hall–Kier alpha value is -0.900. The Labute approximate surface area is 52.1 Å². The summed E-state index contributed by atoms with van der Waals surface area (Å²) in [7, 11) is 0. The van der Waals surface area contributed by atoms with Gasteiger partial charge >= 0.3 is 5.97 Å². The van der Waals surface area contributed by atoms with Crippen molar-refractivity contribution in [3.8, 4) is 0 Å². The normalized spacial score (nSPS) is 12.6. The SMILES string of the molecule is O=CCC(O)CC(=O)O. The molecule has 0 saturated carbocycles. The Morgan fingerprint density at radius 1 is 1.67 bits per heavy atom. The molecule has 0 aliphatic rings. The molecule has 1 atom stereocenters. The van der Waals surface area contributed by atoms with Crippen LogP contribution in [0.25, 0.3) is 0 Å². The molecule has 4 heteroatoms. The average Bonchev–Trinajstić information content (AvgIpc) is 1.63. The van der Waals surface area contributed by atoms with Crippen molar-refractivity contribution >= 4 is 12.3 Å². The third-order valence-corrected chi connectivity index (χ3v) is 0.779. The second-order valence-electron chi connectivity index (χ2n) is 1.65. The molecule has 0 aliphatic heterocycles. The highest BCUT2D eigenvalue weighted by Gasteiger charge is 2.07. The molecule has 0 amide bonds. The third kappa shape index (κ3) is 4.96. The number of aliphatic carboxylic acids is 1. The van der Waals surface area contributed by atoms with Crippen LogP contribution >= 0.6 is 0 Å². The summed E-state index contributed by atoms with van der Waals surface area (Å²) in [5.41, 5.74) is 0. The monoisotopic (exact) mass is 132 g/mol. The Balaban J connectivity index is 3.37. The van der Waals surface area contributed by atoms with Crippen LogP contribution in [-0.2, 0) is 9.59 Å². The number of aliphatic hydroxyl groups excluding tert-OH is 1. The molecule has 0 aromatic carbocycles. The molecule has 0 fully saturated rings. The van der Waals surface area contributed by atoms with Gasteiger partial charge in [0.05, 0.1) is 12.5 Å². The highest BCUT2D eigenvalue weighted by atomic mass is 16.4. The van der Waals surface area contributed by atoms with Crippen LogP contribution in [0.3, 0.4) is 0 Å². The number of rotatable bonds is 4. The number of carbonyl (C=O) groups excluding carboxylic acids is 1. The molecular weight excluding hydrogens is 124 g/mol. The number of aliphatic hydroxyl groups is 1. The fourth-order valence-electron chi connectivity index (χ4n) is 0.396. The van der Waals surface area contributed by atoms with Gasteiger partial charge in [-0.2, -0.15) is 0 Å². The van der Waals surface area contributed by atoms with E-state index in [-0.39, 0.29) is 12.8 Å². The van der Waals surface area contributed by atoms with Gasteiger partial charge in [0.1, 0.15) is 6.29 Å². The van der Waals surface area contributed by atoms with Crippen molar-refractivity contribution < 1.29 is 19.8 Å². The number of aldehydes is 1. The molecule has 9 heavy (non-hydrogen) atoms. The molecule has 4 nitrogen and oxygen atoms in total. The molecule has 2 N–H and O–H groups in total. The summed E-state index contributed by atoms with van der Waals surface area (Å²) in [6.07, 6.45) is -1.00. The van der Waals surface area contributed by atoms with Crippen LogP contribution in [0, 0.1) is 0 Å². The van der Waals surface area contributed by atoms with E-state index in [1.165, 1.54) is 0 Å². The molecule has 0 heterocycles. The van der Waals surface area contributed by atoms with Crippen LogP contribution in [0.4, 0.5) is 0 Å². The van der Waals surface area contributed by atoms with E-state index in [0.29, 0.717) is 6.29 Å². The van der Waals surface area contributed by atoms with E-state index in [0.717, 1.165) is 0 Å². The number of carboxylic acids is 1. The second-order valence-corrected chi connectivity index (χ2v) is 1.65. The van der Waals surface area contributed by atoms with Crippen LogP contribution < -0.4 is 0 Å². The molecule has 0 aliphatic carbocycles. The minimum Gasteiger partial charge on any atom is -0.481 e. The summed E-state index contributed by atoms with van der Waals surface area (Å²) < 4.78 is 0. The van der Waals surface area contributed by atoms with Crippen LogP contribution in [0.5, 0.6) is 0 Å². The molecule has 0 radical (unpaired) electrons. The molecule has 0 aromatic rings. The lowest BCUT2D eigenvalue weighted by atomic mass is 10.2. The topological polar surface area (TPSA) is 74.6 Å². The van der Waals surface area contributed by atoms with Gasteiger partial charge in [0.25, 0.3) is 0 Å². The molecule has 1 unspecified atom stereocenters. The molecule has 0 aromatic heterocycles. The van der Waals surface area contributed by atoms with Crippen LogP contribution in [-0.4, -0.2) is 28.6 Å². The summed E-state index contributed by atoms with van der Waals surface area (Å²) in [6.45, 7) is 0. The van der Waals surface area contributed by atoms with Crippen molar-refractivity contribution in [2.75, 3.05) is 0 Å². The van der Waals surface area contributed by atoms with Gasteiger partial charge in [0.15, 0.2) is 0 Å². The van der Waals surface area contributed by atoms with E-state index in [2.05, 4.69) is 0 Å². The summed E-state index contributed by atoms with van der Waals surface area (Å²) >= 11 is 0.